The van der Waals surface area contributed by atoms with E-state index in [-0.39, 0.29) is 10.9 Å². The summed E-state index contributed by atoms with van der Waals surface area (Å²) in [5, 5.41) is 0.261. The Hall–Kier alpha value is -1.91. The van der Waals surface area contributed by atoms with Gasteiger partial charge in [-0.3, -0.25) is 9.69 Å². The summed E-state index contributed by atoms with van der Waals surface area (Å²) in [5.41, 5.74) is 1.64. The Morgan fingerprint density at radius 3 is 2.65 bits per heavy atom. The highest BCUT2D eigenvalue weighted by atomic mass is 35.5. The van der Waals surface area contributed by atoms with Gasteiger partial charge in [0, 0.05) is 42.8 Å². The number of piperidine rings is 1. The zero-order chi connectivity index (χ0) is 18.1. The van der Waals surface area contributed by atoms with Crippen molar-refractivity contribution in [3.8, 4) is 0 Å². The first-order valence-electron chi connectivity index (χ1n) is 9.12. The maximum atomic E-state index is 13.6. The SMILES string of the molecule is O=C(c1cc(F)cc(Cl)c1)N1C[C@H]2CC[C@@H](C1)N(Cc1ccccc1)C2. The minimum absolute atomic E-state index is 0.120. The molecule has 3 aliphatic heterocycles. The Kier molecular flexibility index (Phi) is 4.96. The molecular formula is C21H22ClFN2O. The number of amides is 1. The van der Waals surface area contributed by atoms with Crippen molar-refractivity contribution in [1.82, 2.24) is 9.80 Å². The average molecular weight is 373 g/mol. The van der Waals surface area contributed by atoms with Crippen LogP contribution in [0.5, 0.6) is 0 Å². The van der Waals surface area contributed by atoms with Crippen LogP contribution in [-0.4, -0.2) is 41.4 Å². The molecule has 2 atom stereocenters. The Balaban J connectivity index is 1.51. The van der Waals surface area contributed by atoms with Crippen LogP contribution in [0.4, 0.5) is 4.39 Å². The number of halogens is 2. The van der Waals surface area contributed by atoms with Gasteiger partial charge in [0.25, 0.3) is 5.91 Å². The van der Waals surface area contributed by atoms with Crippen molar-refractivity contribution in [3.05, 3.63) is 70.5 Å². The van der Waals surface area contributed by atoms with Gasteiger partial charge in [-0.2, -0.15) is 0 Å². The molecule has 5 heteroatoms. The number of carbonyl (C=O) groups excluding carboxylic acids is 1. The van der Waals surface area contributed by atoms with Crippen LogP contribution in [0.2, 0.25) is 5.02 Å². The Morgan fingerprint density at radius 1 is 1.08 bits per heavy atom. The van der Waals surface area contributed by atoms with Crippen molar-refractivity contribution in [2.24, 2.45) is 5.92 Å². The molecule has 0 aliphatic carbocycles. The molecule has 0 aromatic heterocycles. The van der Waals surface area contributed by atoms with Gasteiger partial charge in [-0.25, -0.2) is 4.39 Å². The Bertz CT molecular complexity index is 778. The standard InChI is InChI=1S/C21H22ClFN2O/c22-18-8-17(9-19(23)10-18)21(26)25-13-16-6-7-20(14-25)24(12-16)11-15-4-2-1-3-5-15/h1-5,8-10,16,20H,6-7,11-14H2/t16-,20-/m0/s1. The lowest BCUT2D eigenvalue weighted by Crippen LogP contribution is -2.43. The highest BCUT2D eigenvalue weighted by Gasteiger charge is 2.36. The van der Waals surface area contributed by atoms with E-state index in [1.165, 1.54) is 17.7 Å². The van der Waals surface area contributed by atoms with E-state index < -0.39 is 5.82 Å². The summed E-state index contributed by atoms with van der Waals surface area (Å²) in [7, 11) is 0. The third-order valence-electron chi connectivity index (χ3n) is 5.45. The Morgan fingerprint density at radius 2 is 1.88 bits per heavy atom. The smallest absolute Gasteiger partial charge is 0.254 e. The van der Waals surface area contributed by atoms with E-state index in [4.69, 9.17) is 11.6 Å². The average Bonchev–Trinajstić information content (AvgIpc) is 2.93. The monoisotopic (exact) mass is 372 g/mol. The number of fused-ring (bicyclic) bond motifs is 4. The molecule has 0 unspecified atom stereocenters. The molecule has 26 heavy (non-hydrogen) atoms. The van der Waals surface area contributed by atoms with E-state index in [9.17, 15) is 9.18 Å². The van der Waals surface area contributed by atoms with Crippen LogP contribution in [0.1, 0.15) is 28.8 Å². The van der Waals surface area contributed by atoms with E-state index in [1.54, 1.807) is 6.07 Å². The molecule has 3 fully saturated rings. The van der Waals surface area contributed by atoms with Crippen LogP contribution in [0.3, 0.4) is 0 Å². The van der Waals surface area contributed by atoms with Crippen molar-refractivity contribution < 1.29 is 9.18 Å². The molecule has 1 amide bonds. The quantitative estimate of drug-likeness (QED) is 0.805. The highest BCUT2D eigenvalue weighted by Crippen LogP contribution is 2.30. The lowest BCUT2D eigenvalue weighted by atomic mass is 9.94. The van der Waals surface area contributed by atoms with Crippen molar-refractivity contribution in [1.29, 1.82) is 0 Å². The van der Waals surface area contributed by atoms with E-state index >= 15 is 0 Å². The van der Waals surface area contributed by atoms with Crippen LogP contribution < -0.4 is 0 Å². The second-order valence-electron chi connectivity index (χ2n) is 7.38. The van der Waals surface area contributed by atoms with E-state index in [0.717, 1.165) is 32.5 Å². The fourth-order valence-electron chi connectivity index (χ4n) is 4.22. The number of hydrogen-bond acceptors (Lipinski definition) is 2. The number of rotatable bonds is 3. The summed E-state index contributed by atoms with van der Waals surface area (Å²) in [4.78, 5) is 17.3. The molecule has 0 radical (unpaired) electrons. The molecule has 136 valence electrons. The zero-order valence-electron chi connectivity index (χ0n) is 14.6. The third kappa shape index (κ3) is 3.76. The topological polar surface area (TPSA) is 23.6 Å². The van der Waals surface area contributed by atoms with E-state index in [1.807, 2.05) is 11.0 Å². The molecule has 2 bridgehead atoms. The molecule has 3 aliphatic rings. The molecule has 2 aromatic rings. The van der Waals surface area contributed by atoms with Gasteiger partial charge in [-0.15, -0.1) is 0 Å². The molecule has 3 saturated heterocycles. The summed E-state index contributed by atoms with van der Waals surface area (Å²) < 4.78 is 13.6. The summed E-state index contributed by atoms with van der Waals surface area (Å²) in [5.74, 6) is -0.125. The summed E-state index contributed by atoms with van der Waals surface area (Å²) in [6.07, 6.45) is 2.24. The van der Waals surface area contributed by atoms with Gasteiger partial charge in [0.15, 0.2) is 0 Å². The van der Waals surface area contributed by atoms with Gasteiger partial charge >= 0.3 is 0 Å². The second-order valence-corrected chi connectivity index (χ2v) is 7.82. The van der Waals surface area contributed by atoms with E-state index in [2.05, 4.69) is 29.2 Å². The first-order chi connectivity index (χ1) is 12.6. The van der Waals surface area contributed by atoms with Crippen LogP contribution in [0, 0.1) is 11.7 Å². The molecule has 3 heterocycles. The maximum Gasteiger partial charge on any atom is 0.254 e. The lowest BCUT2D eigenvalue weighted by molar-refractivity contribution is 0.0735. The van der Waals surface area contributed by atoms with Crippen molar-refractivity contribution in [3.63, 3.8) is 0 Å². The minimum Gasteiger partial charge on any atom is -0.337 e. The number of benzene rings is 2. The second kappa shape index (κ2) is 7.37. The molecule has 0 N–H and O–H groups in total. The molecule has 3 nitrogen and oxygen atoms in total. The highest BCUT2D eigenvalue weighted by molar-refractivity contribution is 6.31. The van der Waals surface area contributed by atoms with Gasteiger partial charge in [0.1, 0.15) is 5.82 Å². The van der Waals surface area contributed by atoms with Crippen LogP contribution in [0.15, 0.2) is 48.5 Å². The molecule has 0 spiro atoms. The summed E-state index contributed by atoms with van der Waals surface area (Å²) >= 11 is 5.93. The van der Waals surface area contributed by atoms with Crippen LogP contribution >= 0.6 is 11.6 Å². The van der Waals surface area contributed by atoms with Gasteiger partial charge in [0.2, 0.25) is 0 Å². The van der Waals surface area contributed by atoms with Crippen molar-refractivity contribution >= 4 is 17.5 Å². The normalized spacial score (nSPS) is 23.1. The fraction of sp³-hybridized carbons (Fsp3) is 0.381. The Labute approximate surface area is 158 Å². The summed E-state index contributed by atoms with van der Waals surface area (Å²) in [6.45, 7) is 3.34. The molecule has 0 saturated carbocycles. The van der Waals surface area contributed by atoms with Crippen molar-refractivity contribution in [2.75, 3.05) is 19.6 Å². The largest absolute Gasteiger partial charge is 0.337 e. The first-order valence-corrected chi connectivity index (χ1v) is 9.49. The fourth-order valence-corrected chi connectivity index (χ4v) is 4.44. The first kappa shape index (κ1) is 17.5. The maximum absolute atomic E-state index is 13.6. The van der Waals surface area contributed by atoms with Crippen LogP contribution in [-0.2, 0) is 6.54 Å². The minimum atomic E-state index is -0.468. The predicted molar refractivity (Wildman–Crippen MR) is 101 cm³/mol. The number of nitrogens with zero attached hydrogens (tertiary/aromatic N) is 2. The van der Waals surface area contributed by atoms with Gasteiger partial charge in [-0.1, -0.05) is 41.9 Å². The zero-order valence-corrected chi connectivity index (χ0v) is 15.3. The van der Waals surface area contributed by atoms with Crippen molar-refractivity contribution in [2.45, 2.75) is 25.4 Å². The summed E-state index contributed by atoms with van der Waals surface area (Å²) in [6, 6.07) is 14.9. The van der Waals surface area contributed by atoms with Gasteiger partial charge in [-0.05, 0) is 42.5 Å². The molecule has 2 aromatic carbocycles. The van der Waals surface area contributed by atoms with Crippen LogP contribution in [0.25, 0.3) is 0 Å². The van der Waals surface area contributed by atoms with E-state index in [0.29, 0.717) is 24.1 Å². The third-order valence-corrected chi connectivity index (χ3v) is 5.67. The predicted octanol–water partition coefficient (Wildman–Crippen LogP) is 4.22. The molecule has 5 rings (SSSR count). The lowest BCUT2D eigenvalue weighted by Gasteiger charge is -2.36. The van der Waals surface area contributed by atoms with Gasteiger partial charge < -0.3 is 4.90 Å². The van der Waals surface area contributed by atoms with Gasteiger partial charge in [0.05, 0.1) is 0 Å². The number of carbonyl (C=O) groups is 1. The number of hydrogen-bond donors (Lipinski definition) is 0. The molecular weight excluding hydrogens is 351 g/mol.